The number of hydrogen-bond donors (Lipinski definition) is 1. The number of carboxylic acid groups (broad SMARTS) is 1. The van der Waals surface area contributed by atoms with Crippen molar-refractivity contribution in [1.82, 2.24) is 9.78 Å². The van der Waals surface area contributed by atoms with Crippen LogP contribution in [0.1, 0.15) is 54.7 Å². The zero-order valence-corrected chi connectivity index (χ0v) is 14.4. The van der Waals surface area contributed by atoms with Crippen molar-refractivity contribution in [1.29, 1.82) is 0 Å². The van der Waals surface area contributed by atoms with Crippen LogP contribution in [-0.4, -0.2) is 25.1 Å². The van der Waals surface area contributed by atoms with E-state index in [1.165, 1.54) is 0 Å². The number of fused-ring (bicyclic) bond motifs is 3. The van der Waals surface area contributed by atoms with Gasteiger partial charge in [0.05, 0.1) is 28.3 Å². The molecule has 0 amide bonds. The lowest BCUT2D eigenvalue weighted by molar-refractivity contribution is 0.0688. The molecule has 2 aromatic rings. The molecule has 1 N–H and O–H groups in total. The molecule has 0 saturated heterocycles. The van der Waals surface area contributed by atoms with Crippen LogP contribution in [0, 0.1) is 5.92 Å². The van der Waals surface area contributed by atoms with E-state index >= 15 is 0 Å². The van der Waals surface area contributed by atoms with E-state index in [0.717, 1.165) is 41.8 Å². The molecule has 1 saturated carbocycles. The van der Waals surface area contributed by atoms with Gasteiger partial charge in [0.15, 0.2) is 5.69 Å². The summed E-state index contributed by atoms with van der Waals surface area (Å²) < 4.78 is 14.4. The Morgan fingerprint density at radius 2 is 1.96 bits per heavy atom. The molecule has 1 atom stereocenters. The predicted molar refractivity (Wildman–Crippen MR) is 91.4 cm³/mol. The molecule has 1 aromatic carbocycles. The third kappa shape index (κ3) is 2.40. The molecule has 126 valence electrons. The number of nitrogens with zero attached hydrogens (tertiary/aromatic N) is 2. The number of aromatic carboxylic acids is 1. The maximum absolute atomic E-state index is 12.5. The molecule has 2 aliphatic rings. The average molecular weight is 344 g/mol. The molecule has 4 rings (SSSR count). The lowest BCUT2D eigenvalue weighted by Gasteiger charge is -2.29. The standard InChI is InChI=1S/C18H20N2O3S/c1-11-6-8-12(9-7-11)20-17-13-4-2-3-5-15(13)24(23)10-14(17)16(19-20)18(21)22/h2-5,11-12H,6-10H2,1H3,(H,21,22). The molecule has 24 heavy (non-hydrogen) atoms. The lowest BCUT2D eigenvalue weighted by atomic mass is 9.87. The Morgan fingerprint density at radius 1 is 1.25 bits per heavy atom. The van der Waals surface area contributed by atoms with Crippen LogP contribution in [0.15, 0.2) is 29.2 Å². The SMILES string of the molecule is CC1CCC(n2nc(C(=O)O)c3c2-c2ccccc2S(=O)C3)CC1. The molecular weight excluding hydrogens is 324 g/mol. The van der Waals surface area contributed by atoms with E-state index in [1.807, 2.05) is 28.9 Å². The van der Waals surface area contributed by atoms with E-state index in [0.29, 0.717) is 11.5 Å². The van der Waals surface area contributed by atoms with Crippen molar-refractivity contribution in [3.63, 3.8) is 0 Å². The molecule has 2 heterocycles. The molecule has 6 heteroatoms. The molecule has 1 aliphatic carbocycles. The summed E-state index contributed by atoms with van der Waals surface area (Å²) in [6, 6.07) is 7.81. The van der Waals surface area contributed by atoms with Gasteiger partial charge in [-0.2, -0.15) is 5.10 Å². The van der Waals surface area contributed by atoms with Crippen LogP contribution in [0.25, 0.3) is 11.3 Å². The zero-order valence-electron chi connectivity index (χ0n) is 13.6. The van der Waals surface area contributed by atoms with Gasteiger partial charge in [0.25, 0.3) is 0 Å². The highest BCUT2D eigenvalue weighted by Gasteiger charge is 2.34. The van der Waals surface area contributed by atoms with Crippen LogP contribution in [0.2, 0.25) is 0 Å². The molecule has 5 nitrogen and oxygen atoms in total. The molecule has 1 aromatic heterocycles. The smallest absolute Gasteiger partial charge is 0.356 e. The van der Waals surface area contributed by atoms with Crippen molar-refractivity contribution in [2.45, 2.75) is 49.3 Å². The van der Waals surface area contributed by atoms with Crippen molar-refractivity contribution in [3.05, 3.63) is 35.5 Å². The van der Waals surface area contributed by atoms with Crippen LogP contribution in [0.4, 0.5) is 0 Å². The van der Waals surface area contributed by atoms with Gasteiger partial charge in [-0.05, 0) is 37.7 Å². The first kappa shape index (κ1) is 15.6. The first-order valence-electron chi connectivity index (χ1n) is 8.38. The fourth-order valence-corrected chi connectivity index (χ4v) is 5.22. The fourth-order valence-electron chi connectivity index (χ4n) is 3.88. The van der Waals surface area contributed by atoms with Crippen molar-refractivity contribution in [2.75, 3.05) is 0 Å². The largest absolute Gasteiger partial charge is 0.476 e. The Bertz CT molecular complexity index is 835. The third-order valence-corrected chi connectivity index (χ3v) is 6.60. The second-order valence-corrected chi connectivity index (χ2v) is 8.24. The van der Waals surface area contributed by atoms with E-state index in [1.54, 1.807) is 0 Å². The summed E-state index contributed by atoms with van der Waals surface area (Å²) in [5.74, 6) is -0.0890. The van der Waals surface area contributed by atoms with Gasteiger partial charge < -0.3 is 5.11 Å². The van der Waals surface area contributed by atoms with Crippen LogP contribution in [0.5, 0.6) is 0 Å². The number of carbonyl (C=O) groups is 1. The predicted octanol–water partition coefficient (Wildman–Crippen LogP) is 3.62. The number of benzene rings is 1. The van der Waals surface area contributed by atoms with Crippen molar-refractivity contribution < 1.29 is 14.1 Å². The topological polar surface area (TPSA) is 72.2 Å². The van der Waals surface area contributed by atoms with Crippen molar-refractivity contribution in [3.8, 4) is 11.3 Å². The minimum absolute atomic E-state index is 0.0616. The van der Waals surface area contributed by atoms with Crippen LogP contribution in [0.3, 0.4) is 0 Å². The van der Waals surface area contributed by atoms with E-state index in [2.05, 4.69) is 12.0 Å². The van der Waals surface area contributed by atoms with Gasteiger partial charge in [-0.1, -0.05) is 25.1 Å². The first-order valence-corrected chi connectivity index (χ1v) is 9.70. The summed E-state index contributed by atoms with van der Waals surface area (Å²) >= 11 is 0. The molecular formula is C18H20N2O3S. The molecule has 1 fully saturated rings. The highest BCUT2D eigenvalue weighted by atomic mass is 32.2. The zero-order chi connectivity index (χ0) is 16.8. The highest BCUT2D eigenvalue weighted by Crippen LogP contribution is 2.41. The molecule has 1 unspecified atom stereocenters. The van der Waals surface area contributed by atoms with E-state index < -0.39 is 16.8 Å². The quantitative estimate of drug-likeness (QED) is 0.903. The Balaban J connectivity index is 1.90. The summed E-state index contributed by atoms with van der Waals surface area (Å²) in [7, 11) is -1.22. The van der Waals surface area contributed by atoms with Gasteiger partial charge in [0.1, 0.15) is 0 Å². The highest BCUT2D eigenvalue weighted by molar-refractivity contribution is 7.84. The second-order valence-electron chi connectivity index (χ2n) is 6.83. The number of aromatic nitrogens is 2. The average Bonchev–Trinajstić information content (AvgIpc) is 2.95. The van der Waals surface area contributed by atoms with Crippen LogP contribution >= 0.6 is 0 Å². The maximum Gasteiger partial charge on any atom is 0.356 e. The molecule has 0 bridgehead atoms. The number of rotatable bonds is 2. The summed E-state index contributed by atoms with van der Waals surface area (Å²) in [5, 5.41) is 14.0. The molecule has 0 radical (unpaired) electrons. The first-order chi connectivity index (χ1) is 11.6. The lowest BCUT2D eigenvalue weighted by Crippen LogP contribution is -2.20. The third-order valence-electron chi connectivity index (χ3n) is 5.21. The van der Waals surface area contributed by atoms with Crippen molar-refractivity contribution in [2.24, 2.45) is 5.92 Å². The van der Waals surface area contributed by atoms with Gasteiger partial charge in [0.2, 0.25) is 0 Å². The Morgan fingerprint density at radius 3 is 2.67 bits per heavy atom. The van der Waals surface area contributed by atoms with E-state index in [9.17, 15) is 14.1 Å². The van der Waals surface area contributed by atoms with Crippen LogP contribution in [-0.2, 0) is 16.6 Å². The number of carboxylic acids is 1. The normalized spacial score (nSPS) is 25.8. The van der Waals surface area contributed by atoms with Gasteiger partial charge in [-0.15, -0.1) is 0 Å². The van der Waals surface area contributed by atoms with E-state index in [4.69, 9.17) is 0 Å². The van der Waals surface area contributed by atoms with Crippen molar-refractivity contribution >= 4 is 16.8 Å². The minimum Gasteiger partial charge on any atom is -0.476 e. The summed E-state index contributed by atoms with van der Waals surface area (Å²) in [4.78, 5) is 12.4. The van der Waals surface area contributed by atoms with Gasteiger partial charge >= 0.3 is 5.97 Å². The maximum atomic E-state index is 12.5. The molecule has 1 aliphatic heterocycles. The second kappa shape index (κ2) is 5.84. The molecule has 0 spiro atoms. The Hall–Kier alpha value is -1.95. The summed E-state index contributed by atoms with van der Waals surface area (Å²) in [6.07, 6.45) is 4.30. The van der Waals surface area contributed by atoms with Gasteiger partial charge in [-0.25, -0.2) is 4.79 Å². The van der Waals surface area contributed by atoms with Crippen LogP contribution < -0.4 is 0 Å². The van der Waals surface area contributed by atoms with Gasteiger partial charge in [0, 0.05) is 16.0 Å². The Kier molecular flexibility index (Phi) is 3.79. The fraction of sp³-hybridized carbons (Fsp3) is 0.444. The summed E-state index contributed by atoms with van der Waals surface area (Å²) in [5.41, 5.74) is 2.42. The van der Waals surface area contributed by atoms with Gasteiger partial charge in [-0.3, -0.25) is 8.89 Å². The minimum atomic E-state index is -1.22. The monoisotopic (exact) mass is 344 g/mol. The van der Waals surface area contributed by atoms with E-state index in [-0.39, 0.29) is 17.5 Å². The Labute approximate surface area is 143 Å². The number of hydrogen-bond acceptors (Lipinski definition) is 3. The summed E-state index contributed by atoms with van der Waals surface area (Å²) in [6.45, 7) is 2.26.